The minimum atomic E-state index is -0.651. The van der Waals surface area contributed by atoms with Crippen molar-refractivity contribution in [1.82, 2.24) is 9.97 Å². The highest BCUT2D eigenvalue weighted by Crippen LogP contribution is 2.63. The molecule has 1 aliphatic carbocycles. The predicted octanol–water partition coefficient (Wildman–Crippen LogP) is 11.5. The number of aromatic nitrogens is 2. The van der Waals surface area contributed by atoms with Crippen LogP contribution in [0.1, 0.15) is 27.8 Å². The summed E-state index contributed by atoms with van der Waals surface area (Å²) in [7, 11) is 0. The normalized spacial score (nSPS) is 14.8. The molecule has 8 aromatic rings. The number of hydrogen-bond acceptors (Lipinski definition) is 4. The third kappa shape index (κ3) is 4.40. The zero-order valence-electron chi connectivity index (χ0n) is 28.0. The average molecular weight is 664 g/mol. The largest absolute Gasteiger partial charge is 0.455 e. The molecular formula is C48H29N3O. The molecule has 1 unspecified atom stereocenters. The topological polar surface area (TPSA) is 58.8 Å². The highest BCUT2D eigenvalue weighted by Gasteiger charge is 2.52. The summed E-state index contributed by atoms with van der Waals surface area (Å²) in [5, 5.41) is 10.2. The second-order valence-corrected chi connectivity index (χ2v) is 13.2. The fourth-order valence-electron chi connectivity index (χ4n) is 8.19. The van der Waals surface area contributed by atoms with Gasteiger partial charge in [-0.2, -0.15) is 5.26 Å². The molecule has 1 aliphatic heterocycles. The van der Waals surface area contributed by atoms with Gasteiger partial charge < -0.3 is 4.74 Å². The van der Waals surface area contributed by atoms with E-state index < -0.39 is 5.41 Å². The van der Waals surface area contributed by atoms with Gasteiger partial charge in [0.25, 0.3) is 0 Å². The Bertz CT molecular complexity index is 2660. The molecule has 0 radical (unpaired) electrons. The number of nitriles is 1. The number of hydrogen-bond donors (Lipinski definition) is 0. The molecule has 4 heteroatoms. The molecule has 0 saturated carbocycles. The Morgan fingerprint density at radius 1 is 0.462 bits per heavy atom. The maximum atomic E-state index is 10.2. The van der Waals surface area contributed by atoms with E-state index in [2.05, 4.69) is 109 Å². The third-order valence-electron chi connectivity index (χ3n) is 10.4. The molecule has 1 aromatic heterocycles. The standard InChI is InChI=1S/C48H29N3O/c49-30-35-17-11-23-41-46(35)52-44-24-10-9-21-39(44)48(41)38-20-8-7-18-37(38)45-36(19-12-22-40(45)48)31-25-27-33(28-26-31)43-29-42(32-13-3-1-4-14-32)50-47(51-43)34-15-5-2-6-16-34/h1-29H. The molecule has 0 amide bonds. The van der Waals surface area contributed by atoms with E-state index in [9.17, 15) is 5.26 Å². The lowest BCUT2D eigenvalue weighted by Gasteiger charge is -2.39. The number of fused-ring (bicyclic) bond motifs is 9. The highest BCUT2D eigenvalue weighted by molar-refractivity contribution is 5.97. The Morgan fingerprint density at radius 3 is 1.77 bits per heavy atom. The van der Waals surface area contributed by atoms with E-state index in [4.69, 9.17) is 14.7 Å². The van der Waals surface area contributed by atoms with Crippen LogP contribution in [-0.4, -0.2) is 9.97 Å². The lowest BCUT2D eigenvalue weighted by molar-refractivity contribution is 0.435. The van der Waals surface area contributed by atoms with E-state index in [1.165, 1.54) is 22.3 Å². The first-order valence-electron chi connectivity index (χ1n) is 17.4. The van der Waals surface area contributed by atoms with Gasteiger partial charge in [-0.1, -0.05) is 158 Å². The molecule has 10 rings (SSSR count). The van der Waals surface area contributed by atoms with Crippen molar-refractivity contribution in [1.29, 1.82) is 5.26 Å². The summed E-state index contributed by atoms with van der Waals surface area (Å²) in [5.41, 5.74) is 13.7. The van der Waals surface area contributed by atoms with Crippen LogP contribution in [0.5, 0.6) is 11.5 Å². The fourth-order valence-corrected chi connectivity index (χ4v) is 8.19. The number of benzene rings is 7. The molecule has 2 aliphatic rings. The minimum absolute atomic E-state index is 0.527. The van der Waals surface area contributed by atoms with Gasteiger partial charge >= 0.3 is 0 Å². The Hall–Kier alpha value is -7.09. The van der Waals surface area contributed by atoms with Crippen molar-refractivity contribution in [2.75, 3.05) is 0 Å². The fraction of sp³-hybridized carbons (Fsp3) is 0.0208. The first kappa shape index (κ1) is 29.8. The molecule has 2 heterocycles. The molecule has 7 aromatic carbocycles. The summed E-state index contributed by atoms with van der Waals surface area (Å²) in [6, 6.07) is 63.1. The van der Waals surface area contributed by atoms with Crippen LogP contribution in [0.15, 0.2) is 176 Å². The Morgan fingerprint density at radius 2 is 1.02 bits per heavy atom. The molecule has 0 fully saturated rings. The molecule has 0 saturated heterocycles. The second-order valence-electron chi connectivity index (χ2n) is 13.2. The molecule has 242 valence electrons. The second kappa shape index (κ2) is 11.8. The van der Waals surface area contributed by atoms with Crippen LogP contribution >= 0.6 is 0 Å². The lowest BCUT2D eigenvalue weighted by atomic mass is 9.65. The van der Waals surface area contributed by atoms with Crippen molar-refractivity contribution in [3.8, 4) is 73.7 Å². The molecule has 1 spiro atoms. The molecule has 0 N–H and O–H groups in total. The van der Waals surface area contributed by atoms with Crippen molar-refractivity contribution in [3.05, 3.63) is 204 Å². The van der Waals surface area contributed by atoms with Crippen molar-refractivity contribution in [3.63, 3.8) is 0 Å². The molecule has 4 nitrogen and oxygen atoms in total. The highest BCUT2D eigenvalue weighted by atomic mass is 16.5. The number of nitrogens with zero attached hydrogens (tertiary/aromatic N) is 3. The van der Waals surface area contributed by atoms with Crippen molar-refractivity contribution in [2.45, 2.75) is 5.41 Å². The van der Waals surface area contributed by atoms with E-state index in [0.717, 1.165) is 56.1 Å². The van der Waals surface area contributed by atoms with E-state index in [1.54, 1.807) is 0 Å². The van der Waals surface area contributed by atoms with Crippen molar-refractivity contribution in [2.24, 2.45) is 0 Å². The number of ether oxygens (including phenoxy) is 1. The Labute approximate surface area is 301 Å². The van der Waals surface area contributed by atoms with Crippen LogP contribution < -0.4 is 4.74 Å². The first-order valence-corrected chi connectivity index (χ1v) is 17.4. The minimum Gasteiger partial charge on any atom is -0.455 e. The lowest BCUT2D eigenvalue weighted by Crippen LogP contribution is -2.32. The molecule has 52 heavy (non-hydrogen) atoms. The molecule has 0 bridgehead atoms. The maximum absolute atomic E-state index is 10.2. The van der Waals surface area contributed by atoms with Gasteiger partial charge in [-0.3, -0.25) is 0 Å². The number of para-hydroxylation sites is 2. The van der Waals surface area contributed by atoms with Gasteiger partial charge in [-0.15, -0.1) is 0 Å². The van der Waals surface area contributed by atoms with Gasteiger partial charge in [0.2, 0.25) is 0 Å². The summed E-state index contributed by atoms with van der Waals surface area (Å²) in [6.07, 6.45) is 0. The first-order chi connectivity index (χ1) is 25.7. The van der Waals surface area contributed by atoms with Crippen LogP contribution in [0.25, 0.3) is 56.2 Å². The van der Waals surface area contributed by atoms with Crippen molar-refractivity contribution >= 4 is 0 Å². The Kier molecular flexibility index (Phi) is 6.74. The summed E-state index contributed by atoms with van der Waals surface area (Å²) >= 11 is 0. The van der Waals surface area contributed by atoms with Gasteiger partial charge in [-0.05, 0) is 51.6 Å². The van der Waals surface area contributed by atoms with E-state index in [-0.39, 0.29) is 0 Å². The van der Waals surface area contributed by atoms with Gasteiger partial charge in [-0.25, -0.2) is 9.97 Å². The summed E-state index contributed by atoms with van der Waals surface area (Å²) < 4.78 is 6.53. The van der Waals surface area contributed by atoms with Crippen LogP contribution in [0.3, 0.4) is 0 Å². The van der Waals surface area contributed by atoms with Gasteiger partial charge in [0.1, 0.15) is 17.6 Å². The third-order valence-corrected chi connectivity index (χ3v) is 10.4. The van der Waals surface area contributed by atoms with E-state index >= 15 is 0 Å². The van der Waals surface area contributed by atoms with Crippen LogP contribution in [0, 0.1) is 11.3 Å². The van der Waals surface area contributed by atoms with E-state index in [1.807, 2.05) is 72.8 Å². The number of rotatable bonds is 4. The zero-order chi connectivity index (χ0) is 34.6. The molecular weight excluding hydrogens is 635 g/mol. The quantitative estimate of drug-likeness (QED) is 0.188. The zero-order valence-corrected chi connectivity index (χ0v) is 28.0. The van der Waals surface area contributed by atoms with Crippen LogP contribution in [0.4, 0.5) is 0 Å². The molecule has 1 atom stereocenters. The van der Waals surface area contributed by atoms with Crippen LogP contribution in [0.2, 0.25) is 0 Å². The summed E-state index contributed by atoms with van der Waals surface area (Å²) in [4.78, 5) is 10.0. The summed E-state index contributed by atoms with van der Waals surface area (Å²) in [6.45, 7) is 0. The van der Waals surface area contributed by atoms with Gasteiger partial charge in [0, 0.05) is 27.8 Å². The SMILES string of the molecule is N#Cc1cccc2c1Oc1ccccc1C21c2ccccc2-c2c(-c3ccc(-c4cc(-c5ccccc5)nc(-c5ccccc5)n4)cc3)cccc21. The Balaban J connectivity index is 1.15. The van der Waals surface area contributed by atoms with Crippen molar-refractivity contribution < 1.29 is 4.74 Å². The average Bonchev–Trinajstić information content (AvgIpc) is 3.52. The van der Waals surface area contributed by atoms with Gasteiger partial charge in [0.15, 0.2) is 5.82 Å². The van der Waals surface area contributed by atoms with E-state index in [0.29, 0.717) is 17.1 Å². The predicted molar refractivity (Wildman–Crippen MR) is 206 cm³/mol. The maximum Gasteiger partial charge on any atom is 0.160 e. The monoisotopic (exact) mass is 663 g/mol. The smallest absolute Gasteiger partial charge is 0.160 e. The summed E-state index contributed by atoms with van der Waals surface area (Å²) in [5.74, 6) is 2.08. The van der Waals surface area contributed by atoms with Gasteiger partial charge in [0.05, 0.1) is 22.4 Å². The van der Waals surface area contributed by atoms with Crippen LogP contribution in [-0.2, 0) is 5.41 Å².